The Bertz CT molecular complexity index is 624. The molecule has 0 unspecified atom stereocenters. The van der Waals surface area contributed by atoms with Gasteiger partial charge in [-0.3, -0.25) is 9.36 Å². The number of fused-ring (bicyclic) bond motifs is 1. The fourth-order valence-electron chi connectivity index (χ4n) is 2.74. The van der Waals surface area contributed by atoms with Crippen LogP contribution in [0.1, 0.15) is 25.8 Å². The fraction of sp³-hybridized carbons (Fsp3) is 0.357. The molecule has 3 heteroatoms. The SMILES string of the molecule is CC1CC(n2c(N)cc3ccccc3c2=O)C1. The van der Waals surface area contributed by atoms with Crippen molar-refractivity contribution < 1.29 is 0 Å². The number of hydrogen-bond acceptors (Lipinski definition) is 2. The standard InChI is InChI=1S/C14H16N2O/c1-9-6-11(7-9)16-13(15)8-10-4-2-3-5-12(10)14(16)17/h2-5,8-9,11H,6-7,15H2,1H3. The van der Waals surface area contributed by atoms with Gasteiger partial charge in [-0.05, 0) is 36.3 Å². The van der Waals surface area contributed by atoms with Gasteiger partial charge in [0, 0.05) is 11.4 Å². The molecule has 0 aliphatic heterocycles. The van der Waals surface area contributed by atoms with Gasteiger partial charge in [0.1, 0.15) is 5.82 Å². The van der Waals surface area contributed by atoms with Crippen molar-refractivity contribution >= 4 is 16.6 Å². The number of benzene rings is 1. The van der Waals surface area contributed by atoms with E-state index in [1.54, 1.807) is 4.57 Å². The summed E-state index contributed by atoms with van der Waals surface area (Å²) in [5, 5.41) is 1.69. The summed E-state index contributed by atoms with van der Waals surface area (Å²) in [6.45, 7) is 2.21. The maximum atomic E-state index is 12.4. The number of nitrogen functional groups attached to an aromatic ring is 1. The lowest BCUT2D eigenvalue weighted by Gasteiger charge is -2.35. The van der Waals surface area contributed by atoms with E-state index in [9.17, 15) is 4.79 Å². The molecule has 0 atom stereocenters. The Labute approximate surface area is 99.9 Å². The quantitative estimate of drug-likeness (QED) is 0.815. The van der Waals surface area contributed by atoms with Crippen LogP contribution in [0, 0.1) is 5.92 Å². The summed E-state index contributed by atoms with van der Waals surface area (Å²) in [5.74, 6) is 1.29. The first kappa shape index (κ1) is 10.4. The Morgan fingerprint density at radius 2 is 2.00 bits per heavy atom. The van der Waals surface area contributed by atoms with E-state index in [-0.39, 0.29) is 5.56 Å². The zero-order valence-electron chi connectivity index (χ0n) is 9.89. The Morgan fingerprint density at radius 3 is 2.71 bits per heavy atom. The summed E-state index contributed by atoms with van der Waals surface area (Å²) < 4.78 is 1.77. The van der Waals surface area contributed by atoms with Crippen molar-refractivity contribution in [2.24, 2.45) is 5.92 Å². The van der Waals surface area contributed by atoms with Gasteiger partial charge in [0.2, 0.25) is 0 Å². The van der Waals surface area contributed by atoms with Gasteiger partial charge in [0.25, 0.3) is 5.56 Å². The van der Waals surface area contributed by atoms with E-state index in [1.807, 2.05) is 30.3 Å². The van der Waals surface area contributed by atoms with Gasteiger partial charge >= 0.3 is 0 Å². The van der Waals surface area contributed by atoms with Crippen LogP contribution >= 0.6 is 0 Å². The summed E-state index contributed by atoms with van der Waals surface area (Å²) in [6.07, 6.45) is 2.12. The number of rotatable bonds is 1. The lowest BCUT2D eigenvalue weighted by Crippen LogP contribution is -2.34. The van der Waals surface area contributed by atoms with Crippen LogP contribution in [-0.4, -0.2) is 4.57 Å². The second-order valence-corrected chi connectivity index (χ2v) is 5.06. The first-order valence-corrected chi connectivity index (χ1v) is 6.06. The molecule has 17 heavy (non-hydrogen) atoms. The van der Waals surface area contributed by atoms with Gasteiger partial charge in [0.05, 0.1) is 0 Å². The number of nitrogens with two attached hydrogens (primary N) is 1. The highest BCUT2D eigenvalue weighted by Gasteiger charge is 2.29. The van der Waals surface area contributed by atoms with Crippen LogP contribution in [0.3, 0.4) is 0 Å². The van der Waals surface area contributed by atoms with E-state index >= 15 is 0 Å². The van der Waals surface area contributed by atoms with Crippen LogP contribution in [0.5, 0.6) is 0 Å². The number of anilines is 1. The van der Waals surface area contributed by atoms with Gasteiger partial charge in [-0.25, -0.2) is 0 Å². The van der Waals surface area contributed by atoms with E-state index in [1.165, 1.54) is 0 Å². The van der Waals surface area contributed by atoms with Crippen molar-refractivity contribution in [3.63, 3.8) is 0 Å². The second-order valence-electron chi connectivity index (χ2n) is 5.06. The summed E-state index contributed by atoms with van der Waals surface area (Å²) in [4.78, 5) is 12.4. The van der Waals surface area contributed by atoms with Crippen molar-refractivity contribution in [2.75, 3.05) is 5.73 Å². The molecular weight excluding hydrogens is 212 g/mol. The molecule has 0 spiro atoms. The van der Waals surface area contributed by atoms with Crippen LogP contribution in [0.2, 0.25) is 0 Å². The van der Waals surface area contributed by atoms with Crippen LogP contribution in [0.15, 0.2) is 35.1 Å². The van der Waals surface area contributed by atoms with Crippen molar-refractivity contribution in [3.8, 4) is 0 Å². The molecular formula is C14H16N2O. The highest BCUT2D eigenvalue weighted by molar-refractivity contribution is 5.83. The highest BCUT2D eigenvalue weighted by Crippen LogP contribution is 2.37. The van der Waals surface area contributed by atoms with Crippen LogP contribution in [-0.2, 0) is 0 Å². The fourth-order valence-corrected chi connectivity index (χ4v) is 2.74. The first-order valence-electron chi connectivity index (χ1n) is 6.06. The van der Waals surface area contributed by atoms with E-state index in [0.717, 1.165) is 23.6 Å². The van der Waals surface area contributed by atoms with Crippen molar-refractivity contribution in [1.29, 1.82) is 0 Å². The third-order valence-electron chi connectivity index (χ3n) is 3.71. The molecule has 1 fully saturated rings. The van der Waals surface area contributed by atoms with E-state index in [2.05, 4.69) is 6.92 Å². The molecule has 1 heterocycles. The first-order chi connectivity index (χ1) is 8.16. The molecule has 3 nitrogen and oxygen atoms in total. The van der Waals surface area contributed by atoms with Gasteiger partial charge < -0.3 is 5.73 Å². The van der Waals surface area contributed by atoms with Crippen molar-refractivity contribution in [3.05, 3.63) is 40.7 Å². The second kappa shape index (κ2) is 3.62. The van der Waals surface area contributed by atoms with E-state index < -0.39 is 0 Å². The minimum atomic E-state index is 0.0532. The maximum Gasteiger partial charge on any atom is 0.260 e. The van der Waals surface area contributed by atoms with Gasteiger partial charge in [0.15, 0.2) is 0 Å². The number of aromatic nitrogens is 1. The molecule has 1 aliphatic carbocycles. The summed E-state index contributed by atoms with van der Waals surface area (Å²) >= 11 is 0. The third-order valence-corrected chi connectivity index (χ3v) is 3.71. The van der Waals surface area contributed by atoms with Crippen molar-refractivity contribution in [1.82, 2.24) is 4.57 Å². The molecule has 1 aromatic carbocycles. The zero-order valence-corrected chi connectivity index (χ0v) is 9.89. The normalized spacial score (nSPS) is 23.6. The number of pyridine rings is 1. The van der Waals surface area contributed by atoms with E-state index in [0.29, 0.717) is 17.8 Å². The van der Waals surface area contributed by atoms with E-state index in [4.69, 9.17) is 5.73 Å². The Kier molecular flexibility index (Phi) is 2.21. The minimum absolute atomic E-state index is 0.0532. The van der Waals surface area contributed by atoms with Gasteiger partial charge in [-0.15, -0.1) is 0 Å². The Hall–Kier alpha value is -1.77. The third kappa shape index (κ3) is 1.54. The molecule has 1 saturated carbocycles. The summed E-state index contributed by atoms with van der Waals surface area (Å²) in [7, 11) is 0. The Balaban J connectivity index is 2.21. The largest absolute Gasteiger partial charge is 0.385 e. The molecule has 0 amide bonds. The lowest BCUT2D eigenvalue weighted by atomic mass is 9.81. The molecule has 3 rings (SSSR count). The van der Waals surface area contributed by atoms with Gasteiger partial charge in [-0.2, -0.15) is 0 Å². The average Bonchev–Trinajstić information content (AvgIpc) is 2.26. The smallest absolute Gasteiger partial charge is 0.260 e. The molecule has 0 saturated heterocycles. The summed E-state index contributed by atoms with van der Waals surface area (Å²) in [6, 6.07) is 9.82. The predicted octanol–water partition coefficient (Wildman–Crippen LogP) is 2.55. The topological polar surface area (TPSA) is 48.0 Å². The molecule has 0 bridgehead atoms. The number of hydrogen-bond donors (Lipinski definition) is 1. The van der Waals surface area contributed by atoms with Gasteiger partial charge in [-0.1, -0.05) is 25.1 Å². The molecule has 2 aromatic rings. The molecule has 88 valence electrons. The summed E-state index contributed by atoms with van der Waals surface area (Å²) in [5.41, 5.74) is 6.06. The molecule has 1 aliphatic rings. The molecule has 0 radical (unpaired) electrons. The lowest BCUT2D eigenvalue weighted by molar-refractivity contribution is 0.215. The monoisotopic (exact) mass is 228 g/mol. The highest BCUT2D eigenvalue weighted by atomic mass is 16.1. The number of nitrogens with zero attached hydrogens (tertiary/aromatic N) is 1. The average molecular weight is 228 g/mol. The predicted molar refractivity (Wildman–Crippen MR) is 70.1 cm³/mol. The molecule has 1 aromatic heterocycles. The Morgan fingerprint density at radius 1 is 1.29 bits per heavy atom. The minimum Gasteiger partial charge on any atom is -0.385 e. The van der Waals surface area contributed by atoms with Crippen LogP contribution in [0.25, 0.3) is 10.8 Å². The van der Waals surface area contributed by atoms with Crippen LogP contribution < -0.4 is 11.3 Å². The van der Waals surface area contributed by atoms with Crippen LogP contribution in [0.4, 0.5) is 5.82 Å². The maximum absolute atomic E-state index is 12.4. The zero-order chi connectivity index (χ0) is 12.0. The van der Waals surface area contributed by atoms with Crippen molar-refractivity contribution in [2.45, 2.75) is 25.8 Å². The molecule has 2 N–H and O–H groups in total.